The molecule has 8 nitrogen and oxygen atoms in total. The van der Waals surface area contributed by atoms with Crippen LogP contribution < -0.4 is 10.6 Å². The van der Waals surface area contributed by atoms with Crippen LogP contribution >= 0.6 is 0 Å². The third-order valence-corrected chi connectivity index (χ3v) is 5.67. The first-order valence-corrected chi connectivity index (χ1v) is 11.0. The summed E-state index contributed by atoms with van der Waals surface area (Å²) in [5.41, 5.74) is 1.41. The molecule has 3 rings (SSSR count). The molecule has 30 heavy (non-hydrogen) atoms. The van der Waals surface area contributed by atoms with Gasteiger partial charge in [-0.1, -0.05) is 37.3 Å². The minimum absolute atomic E-state index is 0.471. The molecule has 1 aliphatic heterocycles. The van der Waals surface area contributed by atoms with Gasteiger partial charge < -0.3 is 20.1 Å². The number of nitrogens with zero attached hydrogens (tertiary/aromatic N) is 6. The number of benzene rings is 1. The number of nitrogens with one attached hydrogen (secondary N) is 2. The Morgan fingerprint density at radius 2 is 1.93 bits per heavy atom. The van der Waals surface area contributed by atoms with Gasteiger partial charge in [0.05, 0.1) is 0 Å². The predicted molar refractivity (Wildman–Crippen MR) is 122 cm³/mol. The van der Waals surface area contributed by atoms with Crippen LogP contribution in [0.2, 0.25) is 0 Å². The molecule has 1 fully saturated rings. The fourth-order valence-electron chi connectivity index (χ4n) is 3.96. The van der Waals surface area contributed by atoms with Crippen LogP contribution in [0.4, 0.5) is 0 Å². The molecular weight excluding hydrogens is 376 g/mol. The Labute approximate surface area is 180 Å². The van der Waals surface area contributed by atoms with E-state index in [4.69, 9.17) is 0 Å². The number of hydrogen-bond donors (Lipinski definition) is 2. The van der Waals surface area contributed by atoms with Gasteiger partial charge in [-0.05, 0) is 19.0 Å². The van der Waals surface area contributed by atoms with E-state index in [1.807, 2.05) is 7.05 Å². The number of aliphatic imine (C=N–C) groups is 1. The lowest BCUT2D eigenvalue weighted by molar-refractivity contribution is 0.0891. The highest BCUT2D eigenvalue weighted by Crippen LogP contribution is 2.24. The molecule has 0 aliphatic carbocycles. The normalized spacial score (nSPS) is 18.5. The molecule has 2 heterocycles. The summed E-state index contributed by atoms with van der Waals surface area (Å²) in [6, 6.07) is 11.3. The van der Waals surface area contributed by atoms with Crippen molar-refractivity contribution in [3.05, 3.63) is 48.0 Å². The fraction of sp³-hybridized carbons (Fsp3) is 0.591. The van der Waals surface area contributed by atoms with E-state index in [2.05, 4.69) is 84.5 Å². The van der Waals surface area contributed by atoms with E-state index >= 15 is 0 Å². The Morgan fingerprint density at radius 1 is 1.13 bits per heavy atom. The molecule has 0 amide bonds. The summed E-state index contributed by atoms with van der Waals surface area (Å²) < 4.78 is 2.08. The molecule has 1 aromatic heterocycles. The van der Waals surface area contributed by atoms with E-state index in [1.165, 1.54) is 5.56 Å². The zero-order valence-corrected chi connectivity index (χ0v) is 18.6. The summed E-state index contributed by atoms with van der Waals surface area (Å²) in [7, 11) is 4.03. The first-order valence-electron chi connectivity index (χ1n) is 11.0. The second kappa shape index (κ2) is 11.7. The first-order chi connectivity index (χ1) is 14.7. The van der Waals surface area contributed by atoms with Crippen molar-refractivity contribution in [2.45, 2.75) is 32.4 Å². The molecule has 0 saturated carbocycles. The molecule has 0 radical (unpaired) electrons. The van der Waals surface area contributed by atoms with E-state index in [-0.39, 0.29) is 0 Å². The molecule has 2 N–H and O–H groups in total. The van der Waals surface area contributed by atoms with Gasteiger partial charge in [-0.15, -0.1) is 10.2 Å². The second-order valence-corrected chi connectivity index (χ2v) is 7.80. The first kappa shape index (κ1) is 22.2. The molecule has 2 aromatic rings. The molecule has 0 bridgehead atoms. The summed E-state index contributed by atoms with van der Waals surface area (Å²) in [6.45, 7) is 9.03. The highest BCUT2D eigenvalue weighted by molar-refractivity contribution is 5.79. The van der Waals surface area contributed by atoms with E-state index < -0.39 is 0 Å². The molecule has 164 valence electrons. The lowest BCUT2D eigenvalue weighted by atomic mass is 10.0. The van der Waals surface area contributed by atoms with Crippen LogP contribution in [0, 0.1) is 0 Å². The van der Waals surface area contributed by atoms with Crippen molar-refractivity contribution >= 4 is 5.96 Å². The molecular formula is C22H36N8. The number of aromatic nitrogens is 3. The minimum Gasteiger partial charge on any atom is -0.356 e. The SMILES string of the molecule is CCc1nncn1CCNC(=NC)NCCCN1CCN(C)CC1c1ccccc1. The molecule has 1 aliphatic rings. The lowest BCUT2D eigenvalue weighted by Crippen LogP contribution is -2.47. The Balaban J connectivity index is 1.40. The minimum atomic E-state index is 0.471. The van der Waals surface area contributed by atoms with Crippen molar-refractivity contribution in [3.8, 4) is 0 Å². The second-order valence-electron chi connectivity index (χ2n) is 7.80. The summed E-state index contributed by atoms with van der Waals surface area (Å²) >= 11 is 0. The quantitative estimate of drug-likeness (QED) is 0.368. The van der Waals surface area contributed by atoms with Gasteiger partial charge in [0.15, 0.2) is 5.96 Å². The van der Waals surface area contributed by atoms with Gasteiger partial charge in [0.2, 0.25) is 0 Å². The highest BCUT2D eigenvalue weighted by Gasteiger charge is 2.25. The summed E-state index contributed by atoms with van der Waals surface area (Å²) in [5, 5.41) is 14.9. The third-order valence-electron chi connectivity index (χ3n) is 5.67. The Kier molecular flexibility index (Phi) is 8.65. The maximum atomic E-state index is 4.34. The van der Waals surface area contributed by atoms with Crippen LogP contribution in [0.3, 0.4) is 0 Å². The molecule has 1 saturated heterocycles. The maximum Gasteiger partial charge on any atom is 0.191 e. The summed E-state index contributed by atoms with van der Waals surface area (Å²) in [5.74, 6) is 1.86. The van der Waals surface area contributed by atoms with Gasteiger partial charge >= 0.3 is 0 Å². The van der Waals surface area contributed by atoms with E-state index in [9.17, 15) is 0 Å². The van der Waals surface area contributed by atoms with E-state index in [0.717, 1.165) is 70.4 Å². The average Bonchev–Trinajstić information content (AvgIpc) is 3.24. The van der Waals surface area contributed by atoms with Crippen LogP contribution in [0.5, 0.6) is 0 Å². The van der Waals surface area contributed by atoms with Gasteiger partial charge in [-0.3, -0.25) is 9.89 Å². The average molecular weight is 413 g/mol. The van der Waals surface area contributed by atoms with Crippen LogP contribution in [0.25, 0.3) is 0 Å². The zero-order valence-electron chi connectivity index (χ0n) is 18.6. The van der Waals surface area contributed by atoms with Crippen LogP contribution in [0.1, 0.15) is 30.8 Å². The van der Waals surface area contributed by atoms with Gasteiger partial charge in [-0.25, -0.2) is 0 Å². The van der Waals surface area contributed by atoms with Crippen LogP contribution in [-0.2, 0) is 13.0 Å². The molecule has 1 aromatic carbocycles. The van der Waals surface area contributed by atoms with Crippen LogP contribution in [-0.4, -0.2) is 83.9 Å². The molecule has 1 atom stereocenters. The number of likely N-dealkylation sites (N-methyl/N-ethyl adjacent to an activating group) is 1. The van der Waals surface area contributed by atoms with Crippen molar-refractivity contribution in [2.75, 3.05) is 53.4 Å². The topological polar surface area (TPSA) is 73.6 Å². The van der Waals surface area contributed by atoms with E-state index in [1.54, 1.807) is 6.33 Å². The number of rotatable bonds is 9. The zero-order chi connectivity index (χ0) is 21.2. The number of guanidine groups is 1. The Bertz CT molecular complexity index is 772. The van der Waals surface area contributed by atoms with Gasteiger partial charge in [0.1, 0.15) is 12.2 Å². The molecule has 8 heteroatoms. The van der Waals surface area contributed by atoms with Gasteiger partial charge in [0, 0.05) is 65.3 Å². The van der Waals surface area contributed by atoms with Gasteiger partial charge in [0.25, 0.3) is 0 Å². The van der Waals surface area contributed by atoms with Crippen molar-refractivity contribution in [2.24, 2.45) is 4.99 Å². The predicted octanol–water partition coefficient (Wildman–Crippen LogP) is 1.38. The summed E-state index contributed by atoms with van der Waals surface area (Å²) in [4.78, 5) is 9.39. The van der Waals surface area contributed by atoms with Gasteiger partial charge in [-0.2, -0.15) is 0 Å². The Morgan fingerprint density at radius 3 is 2.70 bits per heavy atom. The number of piperazine rings is 1. The lowest BCUT2D eigenvalue weighted by Gasteiger charge is -2.40. The Hall–Kier alpha value is -2.45. The largest absolute Gasteiger partial charge is 0.356 e. The van der Waals surface area contributed by atoms with E-state index in [0.29, 0.717) is 6.04 Å². The summed E-state index contributed by atoms with van der Waals surface area (Å²) in [6.07, 6.45) is 3.76. The fourth-order valence-corrected chi connectivity index (χ4v) is 3.96. The highest BCUT2D eigenvalue weighted by atomic mass is 15.3. The smallest absolute Gasteiger partial charge is 0.191 e. The molecule has 0 spiro atoms. The maximum absolute atomic E-state index is 4.34. The monoisotopic (exact) mass is 412 g/mol. The number of aryl methyl sites for hydroxylation is 1. The van der Waals surface area contributed by atoms with Crippen molar-refractivity contribution in [1.82, 2.24) is 35.2 Å². The van der Waals surface area contributed by atoms with Crippen molar-refractivity contribution in [1.29, 1.82) is 0 Å². The third kappa shape index (κ3) is 6.27. The van der Waals surface area contributed by atoms with Crippen LogP contribution in [0.15, 0.2) is 41.7 Å². The molecule has 1 unspecified atom stereocenters. The standard InChI is InChI=1S/C22H36N8/c1-4-21-27-26-18-30(21)14-12-25-22(23-2)24-11-8-13-29-16-15-28(3)17-20(29)19-9-6-5-7-10-19/h5-7,9-10,18,20H,4,8,11-17H2,1-3H3,(H2,23,24,25). The van der Waals surface area contributed by atoms with Crippen molar-refractivity contribution in [3.63, 3.8) is 0 Å². The van der Waals surface area contributed by atoms with Crippen molar-refractivity contribution < 1.29 is 0 Å². The number of hydrogen-bond acceptors (Lipinski definition) is 5.